The van der Waals surface area contributed by atoms with Gasteiger partial charge in [0.2, 0.25) is 5.78 Å². The number of aromatic nitrogens is 2. The van der Waals surface area contributed by atoms with Gasteiger partial charge in [-0.3, -0.25) is 9.78 Å². The van der Waals surface area contributed by atoms with Gasteiger partial charge in [-0.15, -0.1) is 0 Å². The SMILES string of the molecule is Cc1ncc(Cl)cc1C(=O)c1nc(N2CCNC(c3ccccc3)C2)ccc1C(F)(F)F. The molecular formula is C23H20ClF3N4O. The predicted octanol–water partition coefficient (Wildman–Crippen LogP) is 4.84. The normalized spacial score (nSPS) is 16.8. The molecule has 9 heteroatoms. The monoisotopic (exact) mass is 460 g/mol. The summed E-state index contributed by atoms with van der Waals surface area (Å²) in [6.07, 6.45) is -3.39. The first-order valence-corrected chi connectivity index (χ1v) is 10.4. The maximum Gasteiger partial charge on any atom is 0.418 e. The lowest BCUT2D eigenvalue weighted by Gasteiger charge is -2.35. The molecule has 1 saturated heterocycles. The molecule has 2 aromatic heterocycles. The number of carbonyl (C=O) groups is 1. The molecule has 4 rings (SSSR count). The number of carbonyl (C=O) groups excluding carboxylic acids is 1. The van der Waals surface area contributed by atoms with E-state index >= 15 is 0 Å². The van der Waals surface area contributed by atoms with Gasteiger partial charge in [-0.2, -0.15) is 13.2 Å². The van der Waals surface area contributed by atoms with Crippen molar-refractivity contribution in [2.24, 2.45) is 0 Å². The molecule has 1 aliphatic heterocycles. The van der Waals surface area contributed by atoms with Crippen molar-refractivity contribution in [2.45, 2.75) is 19.1 Å². The minimum Gasteiger partial charge on any atom is -0.353 e. The number of nitrogens with zero attached hydrogens (tertiary/aromatic N) is 3. The number of anilines is 1. The van der Waals surface area contributed by atoms with Crippen molar-refractivity contribution in [3.05, 3.63) is 87.8 Å². The highest BCUT2D eigenvalue weighted by Crippen LogP contribution is 2.34. The molecule has 1 unspecified atom stereocenters. The molecule has 3 heterocycles. The van der Waals surface area contributed by atoms with Crippen LogP contribution < -0.4 is 10.2 Å². The van der Waals surface area contributed by atoms with Crippen LogP contribution in [-0.2, 0) is 6.18 Å². The zero-order chi connectivity index (χ0) is 22.9. The van der Waals surface area contributed by atoms with E-state index in [0.29, 0.717) is 25.5 Å². The molecule has 1 atom stereocenters. The zero-order valence-corrected chi connectivity index (χ0v) is 17.9. The number of nitrogens with one attached hydrogen (secondary N) is 1. The average Bonchev–Trinajstić information content (AvgIpc) is 2.80. The molecule has 0 saturated carbocycles. The minimum atomic E-state index is -4.73. The lowest BCUT2D eigenvalue weighted by molar-refractivity contribution is -0.138. The van der Waals surface area contributed by atoms with E-state index in [1.807, 2.05) is 35.2 Å². The molecule has 5 nitrogen and oxygen atoms in total. The number of hydrogen-bond acceptors (Lipinski definition) is 5. The van der Waals surface area contributed by atoms with Crippen molar-refractivity contribution >= 4 is 23.2 Å². The maximum atomic E-state index is 13.7. The number of halogens is 4. The third kappa shape index (κ3) is 4.61. The van der Waals surface area contributed by atoms with Gasteiger partial charge in [-0.25, -0.2) is 4.98 Å². The van der Waals surface area contributed by atoms with Gasteiger partial charge in [0, 0.05) is 43.1 Å². The van der Waals surface area contributed by atoms with Gasteiger partial charge in [0.05, 0.1) is 10.6 Å². The average molecular weight is 461 g/mol. The Kier molecular flexibility index (Phi) is 6.17. The first-order chi connectivity index (χ1) is 15.2. The topological polar surface area (TPSA) is 58.1 Å². The summed E-state index contributed by atoms with van der Waals surface area (Å²) in [6.45, 7) is 3.23. The summed E-state index contributed by atoms with van der Waals surface area (Å²) in [5.41, 5.74) is -0.389. The second kappa shape index (κ2) is 8.88. The standard InChI is InChI=1S/C23H20ClF3N4O/c1-14-17(11-16(24)12-29-14)22(32)21-18(23(25,26)27)7-8-20(30-21)31-10-9-28-19(13-31)15-5-3-2-4-6-15/h2-8,11-12,19,28H,9-10,13H2,1H3. The Balaban J connectivity index is 1.72. The lowest BCUT2D eigenvalue weighted by Crippen LogP contribution is -2.46. The van der Waals surface area contributed by atoms with Gasteiger partial charge in [-0.1, -0.05) is 41.9 Å². The highest BCUT2D eigenvalue weighted by Gasteiger charge is 2.37. The molecule has 0 bridgehead atoms. The highest BCUT2D eigenvalue weighted by atomic mass is 35.5. The molecule has 0 radical (unpaired) electrons. The molecular weight excluding hydrogens is 441 g/mol. The third-order valence-electron chi connectivity index (χ3n) is 5.40. The summed E-state index contributed by atoms with van der Waals surface area (Å²) >= 11 is 5.93. The Morgan fingerprint density at radius 2 is 1.94 bits per heavy atom. The Bertz CT molecular complexity index is 1140. The largest absolute Gasteiger partial charge is 0.418 e. The summed E-state index contributed by atoms with van der Waals surface area (Å²) in [4.78, 5) is 23.2. The minimum absolute atomic E-state index is 0.00452. The number of benzene rings is 1. The van der Waals surface area contributed by atoms with Crippen LogP contribution in [-0.4, -0.2) is 35.4 Å². The fourth-order valence-electron chi connectivity index (χ4n) is 3.76. The van der Waals surface area contributed by atoms with Crippen LogP contribution in [0.1, 0.15) is 38.9 Å². The second-order valence-corrected chi connectivity index (χ2v) is 7.98. The van der Waals surface area contributed by atoms with Crippen LogP contribution in [0.15, 0.2) is 54.7 Å². The van der Waals surface area contributed by atoms with Gasteiger partial charge < -0.3 is 10.2 Å². The van der Waals surface area contributed by atoms with Crippen LogP contribution in [0.2, 0.25) is 5.02 Å². The quantitative estimate of drug-likeness (QED) is 0.565. The molecule has 0 spiro atoms. The molecule has 1 N–H and O–H groups in total. The summed E-state index contributed by atoms with van der Waals surface area (Å²) in [7, 11) is 0. The van der Waals surface area contributed by atoms with Crippen molar-refractivity contribution in [2.75, 3.05) is 24.5 Å². The number of pyridine rings is 2. The lowest BCUT2D eigenvalue weighted by atomic mass is 10.0. The summed E-state index contributed by atoms with van der Waals surface area (Å²) in [5, 5.41) is 3.57. The predicted molar refractivity (Wildman–Crippen MR) is 116 cm³/mol. The van der Waals surface area contributed by atoms with E-state index in [-0.39, 0.29) is 22.3 Å². The van der Waals surface area contributed by atoms with Crippen LogP contribution in [0.25, 0.3) is 0 Å². The fourth-order valence-corrected chi connectivity index (χ4v) is 3.92. The van der Waals surface area contributed by atoms with Crippen molar-refractivity contribution < 1.29 is 18.0 Å². The molecule has 0 amide bonds. The number of rotatable bonds is 4. The van der Waals surface area contributed by atoms with Crippen LogP contribution in [0.5, 0.6) is 0 Å². The van der Waals surface area contributed by atoms with Crippen molar-refractivity contribution in [1.29, 1.82) is 0 Å². The number of ketones is 1. The first-order valence-electron chi connectivity index (χ1n) is 10.0. The smallest absolute Gasteiger partial charge is 0.353 e. The number of piperazine rings is 1. The van der Waals surface area contributed by atoms with Gasteiger partial charge in [-0.05, 0) is 30.7 Å². The molecule has 166 valence electrons. The van der Waals surface area contributed by atoms with Gasteiger partial charge >= 0.3 is 6.18 Å². The Hall–Kier alpha value is -2.97. The molecule has 1 aliphatic rings. The fraction of sp³-hybridized carbons (Fsp3) is 0.261. The van der Waals surface area contributed by atoms with Crippen molar-refractivity contribution in [3.63, 3.8) is 0 Å². The number of aryl methyl sites for hydroxylation is 1. The van der Waals surface area contributed by atoms with Crippen LogP contribution in [0, 0.1) is 6.92 Å². The molecule has 1 fully saturated rings. The van der Waals surface area contributed by atoms with Crippen LogP contribution in [0.3, 0.4) is 0 Å². The van der Waals surface area contributed by atoms with E-state index in [4.69, 9.17) is 11.6 Å². The van der Waals surface area contributed by atoms with Crippen LogP contribution >= 0.6 is 11.6 Å². The summed E-state index contributed by atoms with van der Waals surface area (Å²) in [5.74, 6) is -0.544. The van der Waals surface area contributed by atoms with Gasteiger partial charge in [0.1, 0.15) is 11.5 Å². The molecule has 1 aromatic carbocycles. The highest BCUT2D eigenvalue weighted by molar-refractivity contribution is 6.31. The zero-order valence-electron chi connectivity index (χ0n) is 17.2. The van der Waals surface area contributed by atoms with E-state index in [9.17, 15) is 18.0 Å². The van der Waals surface area contributed by atoms with Gasteiger partial charge in [0.25, 0.3) is 0 Å². The molecule has 0 aliphatic carbocycles. The molecule has 32 heavy (non-hydrogen) atoms. The van der Waals surface area contributed by atoms with Crippen LogP contribution in [0.4, 0.5) is 19.0 Å². The van der Waals surface area contributed by atoms with Gasteiger partial charge in [0.15, 0.2) is 0 Å². The van der Waals surface area contributed by atoms with E-state index in [1.165, 1.54) is 18.3 Å². The third-order valence-corrected chi connectivity index (χ3v) is 5.61. The Morgan fingerprint density at radius 1 is 1.19 bits per heavy atom. The number of hydrogen-bond donors (Lipinski definition) is 1. The number of alkyl halides is 3. The van der Waals surface area contributed by atoms with E-state index in [1.54, 1.807) is 6.92 Å². The molecule has 3 aromatic rings. The first kappa shape index (κ1) is 22.2. The Labute approximate surface area is 188 Å². The Morgan fingerprint density at radius 3 is 2.66 bits per heavy atom. The summed E-state index contributed by atoms with van der Waals surface area (Å²) in [6, 6.07) is 13.3. The van der Waals surface area contributed by atoms with E-state index < -0.39 is 23.2 Å². The summed E-state index contributed by atoms with van der Waals surface area (Å²) < 4.78 is 41.1. The second-order valence-electron chi connectivity index (χ2n) is 7.54. The maximum absolute atomic E-state index is 13.7. The van der Waals surface area contributed by atoms with E-state index in [2.05, 4.69) is 15.3 Å². The van der Waals surface area contributed by atoms with Crippen molar-refractivity contribution in [3.8, 4) is 0 Å². The van der Waals surface area contributed by atoms with E-state index in [0.717, 1.165) is 11.6 Å². The van der Waals surface area contributed by atoms with Crippen molar-refractivity contribution in [1.82, 2.24) is 15.3 Å².